The molecule has 0 aliphatic carbocycles. The van der Waals surface area contributed by atoms with Crippen molar-refractivity contribution in [1.29, 1.82) is 0 Å². The van der Waals surface area contributed by atoms with Gasteiger partial charge in [-0.2, -0.15) is 4.99 Å². The summed E-state index contributed by atoms with van der Waals surface area (Å²) in [5.74, 6) is 1.11. The lowest BCUT2D eigenvalue weighted by Crippen LogP contribution is -2.38. The maximum atomic E-state index is 12.7. The zero-order valence-corrected chi connectivity index (χ0v) is 23.0. The van der Waals surface area contributed by atoms with E-state index in [1.807, 2.05) is 18.7 Å². The highest BCUT2D eigenvalue weighted by Gasteiger charge is 2.50. The highest BCUT2D eigenvalue weighted by molar-refractivity contribution is 9.10. The van der Waals surface area contributed by atoms with Crippen molar-refractivity contribution in [3.63, 3.8) is 0 Å². The summed E-state index contributed by atoms with van der Waals surface area (Å²) in [5, 5.41) is 0.750. The number of amidine groups is 1. The van der Waals surface area contributed by atoms with Crippen molar-refractivity contribution in [1.82, 2.24) is 0 Å². The summed E-state index contributed by atoms with van der Waals surface area (Å²) in [6.45, 7) is 4.38. The molecule has 0 aromatic heterocycles. The van der Waals surface area contributed by atoms with E-state index in [9.17, 15) is 13.2 Å². The average molecular weight is 604 g/mol. The molecule has 2 aliphatic heterocycles. The molecule has 2 fully saturated rings. The van der Waals surface area contributed by atoms with E-state index in [1.165, 1.54) is 11.8 Å². The Morgan fingerprint density at radius 1 is 1.11 bits per heavy atom. The molecule has 0 saturated carbocycles. The van der Waals surface area contributed by atoms with E-state index in [0.717, 1.165) is 0 Å². The predicted molar refractivity (Wildman–Crippen MR) is 142 cm³/mol. The SMILES string of the molecule is CCOc1cc(Br)c(N2C(=NC(=O)COc3ccc(Cl)cc3)S[C@@H]3CS(=O)(=O)C[C@H]32)cc1OCC. The van der Waals surface area contributed by atoms with Crippen LogP contribution in [-0.4, -0.2) is 62.1 Å². The van der Waals surface area contributed by atoms with Crippen LogP contribution in [0.15, 0.2) is 45.9 Å². The second-order valence-electron chi connectivity index (χ2n) is 7.82. The largest absolute Gasteiger partial charge is 0.490 e. The Kier molecular flexibility index (Phi) is 8.19. The van der Waals surface area contributed by atoms with Gasteiger partial charge in [0.25, 0.3) is 5.91 Å². The molecule has 2 aromatic rings. The van der Waals surface area contributed by atoms with Gasteiger partial charge in [0.1, 0.15) is 5.75 Å². The fourth-order valence-electron chi connectivity index (χ4n) is 3.91. The number of aliphatic imine (C=N–C) groups is 1. The molecule has 2 aliphatic rings. The quantitative estimate of drug-likeness (QED) is 0.433. The van der Waals surface area contributed by atoms with E-state index in [2.05, 4.69) is 20.9 Å². The van der Waals surface area contributed by atoms with Crippen LogP contribution in [0, 0.1) is 0 Å². The van der Waals surface area contributed by atoms with E-state index < -0.39 is 15.7 Å². The smallest absolute Gasteiger partial charge is 0.285 e. The van der Waals surface area contributed by atoms with Crippen molar-refractivity contribution < 1.29 is 27.4 Å². The number of carbonyl (C=O) groups excluding carboxylic acids is 1. The van der Waals surface area contributed by atoms with E-state index >= 15 is 0 Å². The lowest BCUT2D eigenvalue weighted by atomic mass is 10.2. The Bertz CT molecular complexity index is 1240. The van der Waals surface area contributed by atoms with Crippen LogP contribution in [-0.2, 0) is 14.6 Å². The van der Waals surface area contributed by atoms with Gasteiger partial charge < -0.3 is 19.1 Å². The third-order valence-electron chi connectivity index (χ3n) is 5.34. The molecular formula is C23H24BrClN2O6S2. The molecule has 4 rings (SSSR count). The van der Waals surface area contributed by atoms with Gasteiger partial charge in [-0.05, 0) is 54.0 Å². The number of anilines is 1. The highest BCUT2D eigenvalue weighted by atomic mass is 79.9. The van der Waals surface area contributed by atoms with E-state index in [1.54, 1.807) is 36.4 Å². The predicted octanol–water partition coefficient (Wildman–Crippen LogP) is 4.58. The Hall–Kier alpha value is -1.95. The third kappa shape index (κ3) is 6.07. The number of carbonyl (C=O) groups is 1. The van der Waals surface area contributed by atoms with Gasteiger partial charge in [-0.15, -0.1) is 0 Å². The number of thioether (sulfide) groups is 1. The van der Waals surface area contributed by atoms with Crippen molar-refractivity contribution in [2.45, 2.75) is 25.1 Å². The number of amides is 1. The van der Waals surface area contributed by atoms with Crippen LogP contribution >= 0.6 is 39.3 Å². The van der Waals surface area contributed by atoms with Gasteiger partial charge in [0.2, 0.25) is 0 Å². The van der Waals surface area contributed by atoms with Crippen LogP contribution in [0.2, 0.25) is 5.02 Å². The highest BCUT2D eigenvalue weighted by Crippen LogP contribution is 2.46. The molecular weight excluding hydrogens is 580 g/mol. The summed E-state index contributed by atoms with van der Waals surface area (Å²) < 4.78 is 42.5. The number of rotatable bonds is 8. The topological polar surface area (TPSA) is 94.5 Å². The average Bonchev–Trinajstić information content (AvgIpc) is 3.26. The van der Waals surface area contributed by atoms with Crippen molar-refractivity contribution in [2.75, 3.05) is 36.2 Å². The number of benzene rings is 2. The molecule has 0 radical (unpaired) electrons. The molecule has 12 heteroatoms. The standard InChI is InChI=1S/C23H24BrClN2O6S2/c1-3-31-19-9-16(24)17(10-20(19)32-4-2)27-18-12-35(29,30)13-21(18)34-23(27)26-22(28)11-33-15-7-5-14(25)6-8-15/h5-10,18,21H,3-4,11-13H2,1-2H3/t18-,21-/m1/s1. The molecule has 2 atom stereocenters. The molecule has 0 N–H and O–H groups in total. The zero-order chi connectivity index (χ0) is 25.2. The van der Waals surface area contributed by atoms with Gasteiger partial charge >= 0.3 is 0 Å². The molecule has 2 saturated heterocycles. The number of nitrogens with zero attached hydrogens (tertiary/aromatic N) is 2. The molecule has 35 heavy (non-hydrogen) atoms. The van der Waals surface area contributed by atoms with Crippen LogP contribution in [0.3, 0.4) is 0 Å². The van der Waals surface area contributed by atoms with Crippen molar-refractivity contribution >= 4 is 65.9 Å². The summed E-state index contributed by atoms with van der Waals surface area (Å²) >= 11 is 10.8. The first kappa shape index (κ1) is 26.1. The van der Waals surface area contributed by atoms with Crippen molar-refractivity contribution in [3.05, 3.63) is 45.9 Å². The monoisotopic (exact) mass is 602 g/mol. The Morgan fingerprint density at radius 3 is 2.43 bits per heavy atom. The second-order valence-corrected chi connectivity index (χ2v) is 12.5. The van der Waals surface area contributed by atoms with Gasteiger partial charge in [0.15, 0.2) is 33.1 Å². The Morgan fingerprint density at radius 2 is 1.77 bits per heavy atom. The fourth-order valence-corrected chi connectivity index (χ4v) is 8.47. The minimum atomic E-state index is -3.21. The molecule has 2 heterocycles. The third-order valence-corrected chi connectivity index (χ3v) is 9.43. The lowest BCUT2D eigenvalue weighted by Gasteiger charge is -2.27. The Labute approximate surface area is 222 Å². The van der Waals surface area contributed by atoms with Crippen LogP contribution in [0.1, 0.15) is 13.8 Å². The van der Waals surface area contributed by atoms with Crippen LogP contribution in [0.4, 0.5) is 5.69 Å². The molecule has 0 bridgehead atoms. The van der Waals surface area contributed by atoms with Gasteiger partial charge in [0, 0.05) is 26.9 Å². The summed E-state index contributed by atoms with van der Waals surface area (Å²) in [5.41, 5.74) is 0.652. The zero-order valence-electron chi connectivity index (χ0n) is 19.1. The first-order chi connectivity index (χ1) is 16.7. The Balaban J connectivity index is 1.65. The number of ether oxygens (including phenoxy) is 3. The molecule has 2 aromatic carbocycles. The number of fused-ring (bicyclic) bond motifs is 1. The van der Waals surface area contributed by atoms with E-state index in [4.69, 9.17) is 25.8 Å². The van der Waals surface area contributed by atoms with Gasteiger partial charge in [-0.3, -0.25) is 4.79 Å². The number of sulfone groups is 1. The lowest BCUT2D eigenvalue weighted by molar-refractivity contribution is -0.119. The molecule has 188 valence electrons. The fraction of sp³-hybridized carbons (Fsp3) is 0.391. The van der Waals surface area contributed by atoms with E-state index in [-0.39, 0.29) is 29.4 Å². The van der Waals surface area contributed by atoms with Crippen LogP contribution < -0.4 is 19.1 Å². The minimum absolute atomic E-state index is 0.0250. The molecule has 1 amide bonds. The van der Waals surface area contributed by atoms with E-state index in [0.29, 0.717) is 50.8 Å². The summed E-state index contributed by atoms with van der Waals surface area (Å²) in [6.07, 6.45) is 0. The normalized spacial score (nSPS) is 21.7. The minimum Gasteiger partial charge on any atom is -0.490 e. The number of halogens is 2. The van der Waals surface area contributed by atoms with Gasteiger partial charge in [-0.1, -0.05) is 23.4 Å². The molecule has 0 spiro atoms. The van der Waals surface area contributed by atoms with Crippen LogP contribution in [0.5, 0.6) is 17.2 Å². The molecule has 0 unspecified atom stereocenters. The summed E-state index contributed by atoms with van der Waals surface area (Å²) in [4.78, 5) is 18.8. The maximum absolute atomic E-state index is 12.7. The van der Waals surface area contributed by atoms with Crippen molar-refractivity contribution in [3.8, 4) is 17.2 Å². The number of hydrogen-bond acceptors (Lipinski definition) is 7. The maximum Gasteiger partial charge on any atom is 0.285 e. The molecule has 8 nitrogen and oxygen atoms in total. The summed E-state index contributed by atoms with van der Waals surface area (Å²) in [7, 11) is -3.21. The van der Waals surface area contributed by atoms with Crippen LogP contribution in [0.25, 0.3) is 0 Å². The van der Waals surface area contributed by atoms with Gasteiger partial charge in [0.05, 0.1) is 36.4 Å². The van der Waals surface area contributed by atoms with Gasteiger partial charge in [-0.25, -0.2) is 8.42 Å². The van der Waals surface area contributed by atoms with Crippen molar-refractivity contribution in [2.24, 2.45) is 4.99 Å². The number of hydrogen-bond donors (Lipinski definition) is 0. The second kappa shape index (κ2) is 11.0. The first-order valence-corrected chi connectivity index (χ1v) is 14.8. The summed E-state index contributed by atoms with van der Waals surface area (Å²) in [6, 6.07) is 9.89. The first-order valence-electron chi connectivity index (χ1n) is 11.0.